The predicted octanol–water partition coefficient (Wildman–Crippen LogP) is 2.08. The minimum absolute atomic E-state index is 0.0434. The molecule has 2 rings (SSSR count). The lowest BCUT2D eigenvalue weighted by molar-refractivity contribution is 0.415. The van der Waals surface area contributed by atoms with Crippen molar-refractivity contribution in [1.29, 1.82) is 0 Å². The molecule has 4 heteroatoms. The summed E-state index contributed by atoms with van der Waals surface area (Å²) in [4.78, 5) is 14.9. The topological polar surface area (TPSA) is 42.1 Å². The van der Waals surface area contributed by atoms with Gasteiger partial charge < -0.3 is 9.72 Å². The van der Waals surface area contributed by atoms with Crippen molar-refractivity contribution < 1.29 is 4.74 Å². The maximum absolute atomic E-state index is 12.0. The number of nitrogens with one attached hydrogen (secondary N) is 1. The summed E-state index contributed by atoms with van der Waals surface area (Å²) in [5.41, 5.74) is 0.902. The first-order valence-electron chi connectivity index (χ1n) is 5.63. The van der Waals surface area contributed by atoms with E-state index < -0.39 is 8.07 Å². The van der Waals surface area contributed by atoms with Crippen molar-refractivity contribution in [1.82, 2.24) is 4.98 Å². The highest BCUT2D eigenvalue weighted by molar-refractivity contribution is 6.88. The fourth-order valence-corrected chi connectivity index (χ4v) is 3.20. The number of aromatic amines is 1. The van der Waals surface area contributed by atoms with Crippen LogP contribution >= 0.6 is 0 Å². The Hall–Kier alpha value is -1.55. The minimum Gasteiger partial charge on any atom is -0.497 e. The molecular formula is C13H17NO2Si. The molecule has 0 aliphatic heterocycles. The van der Waals surface area contributed by atoms with Crippen LogP contribution in [-0.2, 0) is 0 Å². The van der Waals surface area contributed by atoms with E-state index in [-0.39, 0.29) is 5.56 Å². The molecule has 0 atom stereocenters. The van der Waals surface area contributed by atoms with E-state index in [1.165, 1.54) is 0 Å². The van der Waals surface area contributed by atoms with Gasteiger partial charge in [-0.2, -0.15) is 0 Å². The number of hydrogen-bond acceptors (Lipinski definition) is 2. The Labute approximate surface area is 101 Å². The number of rotatable bonds is 2. The molecule has 0 spiro atoms. The van der Waals surface area contributed by atoms with E-state index in [1.54, 1.807) is 7.11 Å². The van der Waals surface area contributed by atoms with Crippen LogP contribution in [0, 0.1) is 0 Å². The second-order valence-corrected chi connectivity index (χ2v) is 10.3. The molecule has 0 saturated heterocycles. The number of fused-ring (bicyclic) bond motifs is 1. The molecule has 1 N–H and O–H groups in total. The van der Waals surface area contributed by atoms with Crippen LogP contribution in [0.1, 0.15) is 0 Å². The van der Waals surface area contributed by atoms with Crippen LogP contribution in [0.15, 0.2) is 29.1 Å². The molecule has 0 unspecified atom stereocenters. The molecule has 1 heterocycles. The number of H-pyrrole nitrogens is 1. The molecule has 17 heavy (non-hydrogen) atoms. The van der Waals surface area contributed by atoms with Crippen LogP contribution < -0.4 is 15.5 Å². The molecule has 1 aromatic carbocycles. The van der Waals surface area contributed by atoms with Crippen LogP contribution in [0.4, 0.5) is 0 Å². The smallest absolute Gasteiger partial charge is 0.247 e. The number of methoxy groups -OCH3 is 1. The van der Waals surface area contributed by atoms with E-state index in [1.807, 2.05) is 24.3 Å². The molecular weight excluding hydrogens is 230 g/mol. The van der Waals surface area contributed by atoms with Gasteiger partial charge in [0.1, 0.15) is 5.75 Å². The fourth-order valence-electron chi connectivity index (χ4n) is 1.87. The number of pyridine rings is 1. The third-order valence-corrected chi connectivity index (χ3v) is 4.85. The first kappa shape index (κ1) is 11.9. The van der Waals surface area contributed by atoms with Crippen LogP contribution in [0.25, 0.3) is 10.9 Å². The molecule has 0 amide bonds. The number of ether oxygens (including phenoxy) is 1. The highest BCUT2D eigenvalue weighted by Gasteiger charge is 2.20. The van der Waals surface area contributed by atoms with Crippen LogP contribution in [0.2, 0.25) is 19.6 Å². The summed E-state index contributed by atoms with van der Waals surface area (Å²) >= 11 is 0. The Balaban J connectivity index is 2.73. The van der Waals surface area contributed by atoms with Crippen LogP contribution in [-0.4, -0.2) is 20.2 Å². The SMILES string of the molecule is COc1ccc2[nH]c(=O)c([Si](C)(C)C)cc2c1. The van der Waals surface area contributed by atoms with Crippen molar-refractivity contribution in [3.63, 3.8) is 0 Å². The summed E-state index contributed by atoms with van der Waals surface area (Å²) in [6.07, 6.45) is 0. The molecule has 0 aliphatic carbocycles. The zero-order chi connectivity index (χ0) is 12.6. The third kappa shape index (κ3) is 2.26. The average molecular weight is 247 g/mol. The van der Waals surface area contributed by atoms with Crippen molar-refractivity contribution >= 4 is 24.2 Å². The zero-order valence-corrected chi connectivity index (χ0v) is 11.6. The Bertz CT molecular complexity index is 611. The van der Waals surface area contributed by atoms with E-state index >= 15 is 0 Å². The summed E-state index contributed by atoms with van der Waals surface area (Å²) in [5, 5.41) is 1.96. The minimum atomic E-state index is -1.61. The van der Waals surface area contributed by atoms with Gasteiger partial charge >= 0.3 is 0 Å². The van der Waals surface area contributed by atoms with Gasteiger partial charge in [0.2, 0.25) is 5.56 Å². The van der Waals surface area contributed by atoms with Crippen molar-refractivity contribution in [3.05, 3.63) is 34.6 Å². The third-order valence-electron chi connectivity index (χ3n) is 2.86. The van der Waals surface area contributed by atoms with Gasteiger partial charge in [-0.1, -0.05) is 19.6 Å². The summed E-state index contributed by atoms with van der Waals surface area (Å²) in [5.74, 6) is 0.811. The molecule has 2 aromatic rings. The molecule has 0 aliphatic rings. The van der Waals surface area contributed by atoms with Gasteiger partial charge in [0.05, 0.1) is 15.2 Å². The molecule has 3 nitrogen and oxygen atoms in total. The summed E-state index contributed by atoms with van der Waals surface area (Å²) < 4.78 is 5.20. The summed E-state index contributed by atoms with van der Waals surface area (Å²) in [6.45, 7) is 6.51. The van der Waals surface area contributed by atoms with E-state index in [0.29, 0.717) is 0 Å². The van der Waals surface area contributed by atoms with Gasteiger partial charge in [0.25, 0.3) is 0 Å². The van der Waals surface area contributed by atoms with Gasteiger partial charge in [-0.25, -0.2) is 0 Å². The lowest BCUT2D eigenvalue weighted by Gasteiger charge is -2.16. The van der Waals surface area contributed by atoms with Crippen LogP contribution in [0.5, 0.6) is 5.75 Å². The molecule has 0 saturated carbocycles. The number of hydrogen-bond donors (Lipinski definition) is 1. The van der Waals surface area contributed by atoms with Crippen molar-refractivity contribution in [3.8, 4) is 5.75 Å². The Morgan fingerprint density at radius 1 is 1.18 bits per heavy atom. The highest BCUT2D eigenvalue weighted by atomic mass is 28.3. The standard InChI is InChI=1S/C13H17NO2Si/c1-16-10-5-6-11-9(7-10)8-12(13(15)14-11)17(2,3)4/h5-8H,1-4H3,(H,14,15). The Kier molecular flexibility index (Phi) is 2.83. The lowest BCUT2D eigenvalue weighted by Crippen LogP contribution is -2.47. The lowest BCUT2D eigenvalue weighted by atomic mass is 10.2. The Morgan fingerprint density at radius 3 is 2.47 bits per heavy atom. The van der Waals surface area contributed by atoms with E-state index in [9.17, 15) is 4.79 Å². The van der Waals surface area contributed by atoms with E-state index in [4.69, 9.17) is 4.74 Å². The van der Waals surface area contributed by atoms with Crippen LogP contribution in [0.3, 0.4) is 0 Å². The van der Waals surface area contributed by atoms with Crippen molar-refractivity contribution in [2.24, 2.45) is 0 Å². The number of benzene rings is 1. The molecule has 1 aromatic heterocycles. The van der Waals surface area contributed by atoms with Crippen molar-refractivity contribution in [2.75, 3.05) is 7.11 Å². The second-order valence-electron chi connectivity index (χ2n) is 5.22. The van der Waals surface area contributed by atoms with Gasteiger partial charge in [-0.3, -0.25) is 4.79 Å². The van der Waals surface area contributed by atoms with E-state index in [2.05, 4.69) is 24.6 Å². The highest BCUT2D eigenvalue weighted by Crippen LogP contribution is 2.17. The second kappa shape index (κ2) is 4.03. The molecule has 0 fully saturated rings. The van der Waals surface area contributed by atoms with Gasteiger partial charge in [0.15, 0.2) is 0 Å². The maximum atomic E-state index is 12.0. The zero-order valence-electron chi connectivity index (χ0n) is 10.6. The van der Waals surface area contributed by atoms with Gasteiger partial charge in [-0.15, -0.1) is 0 Å². The normalized spacial score (nSPS) is 11.8. The van der Waals surface area contributed by atoms with E-state index in [0.717, 1.165) is 21.8 Å². The monoisotopic (exact) mass is 247 g/mol. The predicted molar refractivity (Wildman–Crippen MR) is 74.1 cm³/mol. The first-order valence-corrected chi connectivity index (χ1v) is 9.13. The van der Waals surface area contributed by atoms with Gasteiger partial charge in [0, 0.05) is 16.1 Å². The molecule has 90 valence electrons. The Morgan fingerprint density at radius 2 is 1.88 bits per heavy atom. The average Bonchev–Trinajstić information content (AvgIpc) is 2.26. The quantitative estimate of drug-likeness (QED) is 0.826. The number of aromatic nitrogens is 1. The maximum Gasteiger partial charge on any atom is 0.247 e. The molecule has 0 bridgehead atoms. The van der Waals surface area contributed by atoms with Gasteiger partial charge in [-0.05, 0) is 24.3 Å². The summed E-state index contributed by atoms with van der Waals surface area (Å²) in [6, 6.07) is 7.69. The molecule has 0 radical (unpaired) electrons. The summed E-state index contributed by atoms with van der Waals surface area (Å²) in [7, 11) is 0.0379. The fraction of sp³-hybridized carbons (Fsp3) is 0.308. The van der Waals surface area contributed by atoms with Crippen molar-refractivity contribution in [2.45, 2.75) is 19.6 Å². The largest absolute Gasteiger partial charge is 0.497 e. The first-order chi connectivity index (χ1) is 7.91.